The Kier molecular flexibility index (Phi) is 1.55. The number of allylic oxidation sites excluding steroid dienone is 1. The zero-order valence-corrected chi connectivity index (χ0v) is 7.74. The van der Waals surface area contributed by atoms with Crippen LogP contribution in [0.25, 0.3) is 6.08 Å². The Morgan fingerprint density at radius 2 is 1.64 bits per heavy atom. The first-order valence-electron chi connectivity index (χ1n) is 4.97. The standard InChI is InChI=1S/C12H10F2/c13-11-7-3-1-4-8(7)12(14)10-6-2-5-9(10)11/h1,3H,2,4-6H2. The van der Waals surface area contributed by atoms with Crippen molar-refractivity contribution in [3.8, 4) is 0 Å². The number of rotatable bonds is 0. The number of halogens is 2. The molecular formula is C12H10F2. The van der Waals surface area contributed by atoms with Crippen LogP contribution in [0.5, 0.6) is 0 Å². The summed E-state index contributed by atoms with van der Waals surface area (Å²) in [4.78, 5) is 0. The van der Waals surface area contributed by atoms with Gasteiger partial charge in [-0.05, 0) is 36.8 Å². The Bertz CT molecular complexity index is 441. The minimum atomic E-state index is -0.178. The van der Waals surface area contributed by atoms with Crippen LogP contribution >= 0.6 is 0 Å². The Morgan fingerprint density at radius 3 is 2.43 bits per heavy atom. The molecule has 2 aliphatic rings. The molecular weight excluding hydrogens is 182 g/mol. The lowest BCUT2D eigenvalue weighted by atomic mass is 10.00. The van der Waals surface area contributed by atoms with Gasteiger partial charge >= 0.3 is 0 Å². The van der Waals surface area contributed by atoms with Crippen LogP contribution in [0.4, 0.5) is 8.78 Å². The molecule has 0 heterocycles. The highest BCUT2D eigenvalue weighted by atomic mass is 19.1. The zero-order chi connectivity index (χ0) is 9.71. The van der Waals surface area contributed by atoms with E-state index in [2.05, 4.69) is 0 Å². The van der Waals surface area contributed by atoms with Crippen LogP contribution in [0.3, 0.4) is 0 Å². The predicted molar refractivity (Wildman–Crippen MR) is 51.1 cm³/mol. The third-order valence-electron chi connectivity index (χ3n) is 3.18. The fourth-order valence-electron chi connectivity index (χ4n) is 2.49. The van der Waals surface area contributed by atoms with E-state index < -0.39 is 0 Å². The van der Waals surface area contributed by atoms with Crippen molar-refractivity contribution in [2.24, 2.45) is 0 Å². The summed E-state index contributed by atoms with van der Waals surface area (Å²) in [5.41, 5.74) is 2.30. The Morgan fingerprint density at radius 1 is 0.929 bits per heavy atom. The summed E-state index contributed by atoms with van der Waals surface area (Å²) in [6.45, 7) is 0. The van der Waals surface area contributed by atoms with Gasteiger partial charge in [0.25, 0.3) is 0 Å². The van der Waals surface area contributed by atoms with Gasteiger partial charge in [0.1, 0.15) is 11.6 Å². The number of fused-ring (bicyclic) bond motifs is 2. The molecule has 0 nitrogen and oxygen atoms in total. The van der Waals surface area contributed by atoms with Gasteiger partial charge in [0, 0.05) is 11.1 Å². The van der Waals surface area contributed by atoms with Crippen molar-refractivity contribution in [1.29, 1.82) is 0 Å². The second-order valence-electron chi connectivity index (χ2n) is 3.94. The number of hydrogen-bond donors (Lipinski definition) is 0. The number of benzene rings is 1. The van der Waals surface area contributed by atoms with E-state index in [0.717, 1.165) is 6.42 Å². The van der Waals surface area contributed by atoms with Gasteiger partial charge < -0.3 is 0 Å². The third kappa shape index (κ3) is 0.861. The summed E-state index contributed by atoms with van der Waals surface area (Å²) in [5.74, 6) is -0.332. The van der Waals surface area contributed by atoms with E-state index in [-0.39, 0.29) is 11.6 Å². The molecule has 1 aromatic carbocycles. The summed E-state index contributed by atoms with van der Waals surface area (Å²) < 4.78 is 27.7. The fraction of sp³-hybridized carbons (Fsp3) is 0.333. The fourth-order valence-corrected chi connectivity index (χ4v) is 2.49. The van der Waals surface area contributed by atoms with Gasteiger partial charge in [-0.3, -0.25) is 0 Å². The highest BCUT2D eigenvalue weighted by Gasteiger charge is 2.26. The lowest BCUT2D eigenvalue weighted by molar-refractivity contribution is 0.574. The van der Waals surface area contributed by atoms with Gasteiger partial charge in [0.15, 0.2) is 0 Å². The maximum Gasteiger partial charge on any atom is 0.134 e. The molecule has 0 aromatic heterocycles. The quantitative estimate of drug-likeness (QED) is 0.592. The molecule has 0 atom stereocenters. The van der Waals surface area contributed by atoms with E-state index in [9.17, 15) is 8.78 Å². The van der Waals surface area contributed by atoms with E-state index in [1.54, 1.807) is 6.08 Å². The average Bonchev–Trinajstić information content (AvgIpc) is 2.82. The van der Waals surface area contributed by atoms with E-state index in [4.69, 9.17) is 0 Å². The summed E-state index contributed by atoms with van der Waals surface area (Å²) in [7, 11) is 0. The minimum absolute atomic E-state index is 0.154. The van der Waals surface area contributed by atoms with E-state index in [1.807, 2.05) is 6.08 Å². The Labute approximate surface area is 81.3 Å². The molecule has 0 unspecified atom stereocenters. The van der Waals surface area contributed by atoms with Crippen LogP contribution in [0.2, 0.25) is 0 Å². The summed E-state index contributed by atoms with van der Waals surface area (Å²) >= 11 is 0. The van der Waals surface area contributed by atoms with E-state index in [0.29, 0.717) is 41.5 Å². The molecule has 3 rings (SSSR count). The van der Waals surface area contributed by atoms with E-state index >= 15 is 0 Å². The lowest BCUT2D eigenvalue weighted by Crippen LogP contribution is -2.01. The Hall–Kier alpha value is -1.18. The van der Waals surface area contributed by atoms with Crippen LogP contribution in [0, 0.1) is 11.6 Å². The smallest absolute Gasteiger partial charge is 0.134 e. The molecule has 0 radical (unpaired) electrons. The van der Waals surface area contributed by atoms with Gasteiger partial charge in [-0.2, -0.15) is 0 Å². The molecule has 0 bridgehead atoms. The van der Waals surface area contributed by atoms with Gasteiger partial charge in [0.2, 0.25) is 0 Å². The SMILES string of the molecule is Fc1c2c(c(F)c3c1CCC3)CC=C2. The molecule has 0 saturated carbocycles. The molecule has 2 aliphatic carbocycles. The second-order valence-corrected chi connectivity index (χ2v) is 3.94. The first-order chi connectivity index (χ1) is 6.79. The molecule has 0 amide bonds. The summed E-state index contributed by atoms with van der Waals surface area (Å²) in [6.07, 6.45) is 6.35. The Balaban J connectivity index is 2.37. The third-order valence-corrected chi connectivity index (χ3v) is 3.18. The molecule has 0 saturated heterocycles. The van der Waals surface area contributed by atoms with Crippen molar-refractivity contribution < 1.29 is 8.78 Å². The topological polar surface area (TPSA) is 0 Å². The van der Waals surface area contributed by atoms with Crippen LogP contribution in [0.1, 0.15) is 28.7 Å². The van der Waals surface area contributed by atoms with Crippen molar-refractivity contribution >= 4 is 6.08 Å². The van der Waals surface area contributed by atoms with Crippen LogP contribution < -0.4 is 0 Å². The van der Waals surface area contributed by atoms with Crippen LogP contribution in [-0.4, -0.2) is 0 Å². The lowest BCUT2D eigenvalue weighted by Gasteiger charge is -2.09. The second kappa shape index (κ2) is 2.66. The predicted octanol–water partition coefficient (Wildman–Crippen LogP) is 3.02. The van der Waals surface area contributed by atoms with Crippen molar-refractivity contribution in [2.45, 2.75) is 25.7 Å². The van der Waals surface area contributed by atoms with Crippen LogP contribution in [0.15, 0.2) is 6.08 Å². The van der Waals surface area contributed by atoms with Crippen LogP contribution in [-0.2, 0) is 19.3 Å². The van der Waals surface area contributed by atoms with Gasteiger partial charge in [-0.25, -0.2) is 8.78 Å². The van der Waals surface area contributed by atoms with E-state index in [1.165, 1.54) is 0 Å². The highest BCUT2D eigenvalue weighted by molar-refractivity contribution is 5.64. The molecule has 0 spiro atoms. The largest absolute Gasteiger partial charge is 0.206 e. The molecule has 0 N–H and O–H groups in total. The first kappa shape index (κ1) is 8.16. The molecule has 0 fully saturated rings. The van der Waals surface area contributed by atoms with Crippen molar-refractivity contribution in [2.75, 3.05) is 0 Å². The van der Waals surface area contributed by atoms with Gasteiger partial charge in [0.05, 0.1) is 0 Å². The zero-order valence-electron chi connectivity index (χ0n) is 7.74. The molecule has 14 heavy (non-hydrogen) atoms. The van der Waals surface area contributed by atoms with Crippen molar-refractivity contribution in [3.63, 3.8) is 0 Å². The highest BCUT2D eigenvalue weighted by Crippen LogP contribution is 2.35. The normalized spacial score (nSPS) is 17.3. The molecule has 1 aromatic rings. The van der Waals surface area contributed by atoms with Gasteiger partial charge in [-0.15, -0.1) is 0 Å². The monoisotopic (exact) mass is 192 g/mol. The van der Waals surface area contributed by atoms with Gasteiger partial charge in [-0.1, -0.05) is 12.2 Å². The first-order valence-corrected chi connectivity index (χ1v) is 4.97. The number of hydrogen-bond acceptors (Lipinski definition) is 0. The van der Waals surface area contributed by atoms with Crippen molar-refractivity contribution in [3.05, 3.63) is 40.0 Å². The molecule has 72 valence electrons. The molecule has 0 aliphatic heterocycles. The maximum absolute atomic E-state index is 13.8. The minimum Gasteiger partial charge on any atom is -0.206 e. The average molecular weight is 192 g/mol. The molecule has 2 heteroatoms. The van der Waals surface area contributed by atoms with Crippen molar-refractivity contribution in [1.82, 2.24) is 0 Å². The summed E-state index contributed by atoms with van der Waals surface area (Å²) in [6, 6.07) is 0. The maximum atomic E-state index is 13.8. The summed E-state index contributed by atoms with van der Waals surface area (Å²) in [5, 5.41) is 0.